The molecule has 1 aliphatic heterocycles. The smallest absolute Gasteiger partial charge is 0.0479 e. The molecule has 0 spiro atoms. The fraction of sp³-hybridized carbons (Fsp3) is 0.412. The van der Waals surface area contributed by atoms with Crippen molar-refractivity contribution in [1.29, 1.82) is 0 Å². The maximum Gasteiger partial charge on any atom is 0.0479 e. The minimum absolute atomic E-state index is 1.09. The molecule has 19 heavy (non-hydrogen) atoms. The zero-order valence-electron chi connectivity index (χ0n) is 11.7. The summed E-state index contributed by atoms with van der Waals surface area (Å²) in [7, 11) is 0. The molecule has 1 heterocycles. The van der Waals surface area contributed by atoms with Gasteiger partial charge in [-0.2, -0.15) is 0 Å². The predicted molar refractivity (Wildman–Crippen MR) is 83.0 cm³/mol. The molecule has 0 amide bonds. The van der Waals surface area contributed by atoms with Crippen LogP contribution in [-0.4, -0.2) is 26.2 Å². The minimum Gasteiger partial charge on any atom is -0.368 e. The maximum atomic E-state index is 3.44. The summed E-state index contributed by atoms with van der Waals surface area (Å²) in [6, 6.07) is 13.4. The van der Waals surface area contributed by atoms with Crippen molar-refractivity contribution in [1.82, 2.24) is 5.32 Å². The van der Waals surface area contributed by atoms with Crippen LogP contribution >= 0.6 is 0 Å². The summed E-state index contributed by atoms with van der Waals surface area (Å²) in [6.07, 6.45) is 2.38. The molecule has 100 valence electrons. The Labute approximate surface area is 115 Å². The lowest BCUT2D eigenvalue weighted by Gasteiger charge is -2.32. The van der Waals surface area contributed by atoms with Crippen LogP contribution in [0.2, 0.25) is 0 Å². The van der Waals surface area contributed by atoms with E-state index in [1.54, 1.807) is 0 Å². The Balaban J connectivity index is 2.13. The van der Waals surface area contributed by atoms with E-state index < -0.39 is 0 Å². The van der Waals surface area contributed by atoms with Gasteiger partial charge in [-0.1, -0.05) is 49.7 Å². The van der Waals surface area contributed by atoms with Crippen molar-refractivity contribution in [3.8, 4) is 0 Å². The number of aryl methyl sites for hydroxylation is 1. The SMILES string of the molecule is CCCc1ccc2ccccc2c1N1CCNCC1. The van der Waals surface area contributed by atoms with Crippen molar-refractivity contribution >= 4 is 16.5 Å². The van der Waals surface area contributed by atoms with E-state index in [-0.39, 0.29) is 0 Å². The molecule has 0 bridgehead atoms. The van der Waals surface area contributed by atoms with Gasteiger partial charge in [-0.05, 0) is 17.4 Å². The highest BCUT2D eigenvalue weighted by Crippen LogP contribution is 2.32. The molecule has 0 atom stereocenters. The van der Waals surface area contributed by atoms with Gasteiger partial charge in [0, 0.05) is 37.3 Å². The molecule has 1 aliphatic rings. The second-order valence-electron chi connectivity index (χ2n) is 5.28. The van der Waals surface area contributed by atoms with E-state index >= 15 is 0 Å². The van der Waals surface area contributed by atoms with E-state index in [1.165, 1.54) is 34.9 Å². The topological polar surface area (TPSA) is 15.3 Å². The van der Waals surface area contributed by atoms with Gasteiger partial charge in [-0.3, -0.25) is 0 Å². The number of nitrogens with zero attached hydrogens (tertiary/aromatic N) is 1. The third kappa shape index (κ3) is 2.45. The zero-order chi connectivity index (χ0) is 13.1. The van der Waals surface area contributed by atoms with Crippen molar-refractivity contribution in [2.75, 3.05) is 31.1 Å². The van der Waals surface area contributed by atoms with Gasteiger partial charge in [0.15, 0.2) is 0 Å². The van der Waals surface area contributed by atoms with Gasteiger partial charge >= 0.3 is 0 Å². The number of nitrogens with one attached hydrogen (secondary N) is 1. The van der Waals surface area contributed by atoms with Gasteiger partial charge in [0.25, 0.3) is 0 Å². The van der Waals surface area contributed by atoms with E-state index in [0.717, 1.165) is 26.2 Å². The number of anilines is 1. The summed E-state index contributed by atoms with van der Waals surface area (Å²) in [5.74, 6) is 0. The second-order valence-corrected chi connectivity index (χ2v) is 5.28. The second kappa shape index (κ2) is 5.62. The van der Waals surface area contributed by atoms with Crippen LogP contribution in [0, 0.1) is 0 Å². The Bertz CT molecular complexity index is 556. The van der Waals surface area contributed by atoms with E-state index in [0.29, 0.717) is 0 Å². The summed E-state index contributed by atoms with van der Waals surface area (Å²) in [5.41, 5.74) is 2.98. The largest absolute Gasteiger partial charge is 0.368 e. The highest BCUT2D eigenvalue weighted by molar-refractivity contribution is 5.96. The summed E-state index contributed by atoms with van der Waals surface area (Å²) in [4.78, 5) is 2.56. The van der Waals surface area contributed by atoms with E-state index in [1.807, 2.05) is 0 Å². The third-order valence-corrected chi connectivity index (χ3v) is 3.94. The first-order chi connectivity index (χ1) is 9.40. The number of hydrogen-bond donors (Lipinski definition) is 1. The molecule has 2 aromatic rings. The van der Waals surface area contributed by atoms with Crippen molar-refractivity contribution in [3.63, 3.8) is 0 Å². The summed E-state index contributed by atoms with van der Waals surface area (Å²) >= 11 is 0. The Morgan fingerprint density at radius 2 is 1.84 bits per heavy atom. The molecule has 2 nitrogen and oxygen atoms in total. The normalized spacial score (nSPS) is 15.9. The van der Waals surface area contributed by atoms with Crippen LogP contribution in [-0.2, 0) is 6.42 Å². The number of piperazine rings is 1. The summed E-state index contributed by atoms with van der Waals surface area (Å²) < 4.78 is 0. The predicted octanol–water partition coefficient (Wildman–Crippen LogP) is 3.20. The average Bonchev–Trinajstić information content (AvgIpc) is 2.48. The minimum atomic E-state index is 1.09. The van der Waals surface area contributed by atoms with Crippen molar-refractivity contribution in [2.45, 2.75) is 19.8 Å². The van der Waals surface area contributed by atoms with Gasteiger partial charge in [0.2, 0.25) is 0 Å². The highest BCUT2D eigenvalue weighted by atomic mass is 15.2. The molecule has 0 saturated carbocycles. The van der Waals surface area contributed by atoms with Crippen LogP contribution in [0.3, 0.4) is 0 Å². The lowest BCUT2D eigenvalue weighted by molar-refractivity contribution is 0.588. The van der Waals surface area contributed by atoms with Crippen molar-refractivity contribution < 1.29 is 0 Å². The average molecular weight is 254 g/mol. The van der Waals surface area contributed by atoms with Gasteiger partial charge in [0.1, 0.15) is 0 Å². The molecule has 2 aromatic carbocycles. The summed E-state index contributed by atoms with van der Waals surface area (Å²) in [5, 5.41) is 6.21. The fourth-order valence-corrected chi connectivity index (χ4v) is 3.03. The summed E-state index contributed by atoms with van der Waals surface area (Å²) in [6.45, 7) is 6.68. The lowest BCUT2D eigenvalue weighted by Crippen LogP contribution is -2.44. The van der Waals surface area contributed by atoms with Crippen molar-refractivity contribution in [2.24, 2.45) is 0 Å². The van der Waals surface area contributed by atoms with Crippen LogP contribution < -0.4 is 10.2 Å². The molecular formula is C17H22N2. The molecule has 3 rings (SSSR count). The van der Waals surface area contributed by atoms with Crippen molar-refractivity contribution in [3.05, 3.63) is 42.0 Å². The van der Waals surface area contributed by atoms with E-state index in [9.17, 15) is 0 Å². The van der Waals surface area contributed by atoms with Crippen LogP contribution in [0.25, 0.3) is 10.8 Å². The van der Waals surface area contributed by atoms with Crippen LogP contribution in [0.5, 0.6) is 0 Å². The Kier molecular flexibility index (Phi) is 3.69. The third-order valence-electron chi connectivity index (χ3n) is 3.94. The Morgan fingerprint density at radius 3 is 2.63 bits per heavy atom. The van der Waals surface area contributed by atoms with Crippen LogP contribution in [0.1, 0.15) is 18.9 Å². The number of hydrogen-bond acceptors (Lipinski definition) is 2. The van der Waals surface area contributed by atoms with Crippen LogP contribution in [0.15, 0.2) is 36.4 Å². The first-order valence-electron chi connectivity index (χ1n) is 7.36. The first kappa shape index (κ1) is 12.5. The highest BCUT2D eigenvalue weighted by Gasteiger charge is 2.16. The van der Waals surface area contributed by atoms with E-state index in [2.05, 4.69) is 53.5 Å². The molecule has 1 saturated heterocycles. The molecular weight excluding hydrogens is 232 g/mol. The molecule has 0 aromatic heterocycles. The number of rotatable bonds is 3. The van der Waals surface area contributed by atoms with Crippen LogP contribution in [0.4, 0.5) is 5.69 Å². The Morgan fingerprint density at radius 1 is 1.05 bits per heavy atom. The first-order valence-corrected chi connectivity index (χ1v) is 7.36. The van der Waals surface area contributed by atoms with Gasteiger partial charge in [0.05, 0.1) is 0 Å². The standard InChI is InChI=1S/C17H22N2/c1-2-5-15-9-8-14-6-3-4-7-16(14)17(15)19-12-10-18-11-13-19/h3-4,6-9,18H,2,5,10-13H2,1H3. The van der Waals surface area contributed by atoms with E-state index in [4.69, 9.17) is 0 Å². The quantitative estimate of drug-likeness (QED) is 0.905. The molecule has 0 radical (unpaired) electrons. The van der Waals surface area contributed by atoms with Gasteiger partial charge in [-0.25, -0.2) is 0 Å². The number of fused-ring (bicyclic) bond motifs is 1. The Hall–Kier alpha value is -1.54. The fourth-order valence-electron chi connectivity index (χ4n) is 3.03. The number of benzene rings is 2. The van der Waals surface area contributed by atoms with Gasteiger partial charge < -0.3 is 10.2 Å². The molecule has 0 aliphatic carbocycles. The molecule has 1 fully saturated rings. The lowest BCUT2D eigenvalue weighted by atomic mass is 9.99. The zero-order valence-corrected chi connectivity index (χ0v) is 11.7. The monoisotopic (exact) mass is 254 g/mol. The van der Waals surface area contributed by atoms with Gasteiger partial charge in [-0.15, -0.1) is 0 Å². The molecule has 1 N–H and O–H groups in total. The molecule has 2 heteroatoms. The molecule has 0 unspecified atom stereocenters. The maximum absolute atomic E-state index is 3.44.